The largest absolute Gasteiger partial charge is 0.350 e. The molecule has 4 rings (SSSR count). The number of benzene rings is 2. The van der Waals surface area contributed by atoms with E-state index < -0.39 is 6.04 Å². The predicted octanol–water partition coefficient (Wildman–Crippen LogP) is 4.84. The molecule has 2 heterocycles. The van der Waals surface area contributed by atoms with Crippen LogP contribution < -0.4 is 10.9 Å². The number of carbonyl (C=O) groups is 1. The number of halogens is 1. The molecular weight excluding hydrogens is 406 g/mol. The number of rotatable bonds is 5. The molecule has 1 atom stereocenters. The topological polar surface area (TPSA) is 64.0 Å². The van der Waals surface area contributed by atoms with E-state index in [4.69, 9.17) is 11.6 Å². The molecule has 1 unspecified atom stereocenters. The van der Waals surface area contributed by atoms with E-state index in [9.17, 15) is 9.59 Å². The zero-order valence-electron chi connectivity index (χ0n) is 16.1. The summed E-state index contributed by atoms with van der Waals surface area (Å²) >= 11 is 7.47. The molecule has 2 aromatic carbocycles. The highest BCUT2D eigenvalue weighted by Crippen LogP contribution is 2.33. The number of nitrogens with zero attached hydrogens (tertiary/aromatic N) is 2. The van der Waals surface area contributed by atoms with Gasteiger partial charge < -0.3 is 5.32 Å². The third-order valence-electron chi connectivity index (χ3n) is 4.97. The van der Waals surface area contributed by atoms with Crippen molar-refractivity contribution in [1.29, 1.82) is 0 Å². The van der Waals surface area contributed by atoms with Crippen LogP contribution >= 0.6 is 22.9 Å². The summed E-state index contributed by atoms with van der Waals surface area (Å²) in [4.78, 5) is 26.2. The van der Waals surface area contributed by atoms with Crippen LogP contribution in [0.15, 0.2) is 53.3 Å². The van der Waals surface area contributed by atoms with Crippen LogP contribution in [0.4, 0.5) is 0 Å². The van der Waals surface area contributed by atoms with E-state index in [1.165, 1.54) is 4.68 Å². The van der Waals surface area contributed by atoms with Crippen LogP contribution in [0.5, 0.6) is 0 Å². The zero-order valence-corrected chi connectivity index (χ0v) is 17.7. The van der Waals surface area contributed by atoms with Crippen molar-refractivity contribution in [2.45, 2.75) is 32.9 Å². The number of fused-ring (bicyclic) bond motifs is 3. The zero-order chi connectivity index (χ0) is 20.5. The first-order chi connectivity index (χ1) is 14.0. The summed E-state index contributed by atoms with van der Waals surface area (Å²) in [7, 11) is 0. The fourth-order valence-electron chi connectivity index (χ4n) is 3.47. The highest BCUT2D eigenvalue weighted by molar-refractivity contribution is 7.26. The average Bonchev–Trinajstić information content (AvgIpc) is 3.12. The van der Waals surface area contributed by atoms with Gasteiger partial charge in [0.15, 0.2) is 0 Å². The van der Waals surface area contributed by atoms with Gasteiger partial charge in [-0.3, -0.25) is 9.59 Å². The minimum atomic E-state index is -0.670. The number of hydrogen-bond donors (Lipinski definition) is 1. The summed E-state index contributed by atoms with van der Waals surface area (Å²) in [6.45, 7) is 4.13. The molecule has 1 N–H and O–H groups in total. The van der Waals surface area contributed by atoms with Gasteiger partial charge in [-0.15, -0.1) is 11.3 Å². The lowest BCUT2D eigenvalue weighted by atomic mass is 10.1. The Morgan fingerprint density at radius 2 is 1.93 bits per heavy atom. The minimum absolute atomic E-state index is 0.225. The van der Waals surface area contributed by atoms with Gasteiger partial charge >= 0.3 is 0 Å². The van der Waals surface area contributed by atoms with Crippen molar-refractivity contribution < 1.29 is 4.79 Å². The van der Waals surface area contributed by atoms with Crippen LogP contribution in [0, 0.1) is 6.92 Å². The van der Waals surface area contributed by atoms with E-state index in [0.29, 0.717) is 23.4 Å². The minimum Gasteiger partial charge on any atom is -0.350 e. The molecule has 4 aromatic rings. The van der Waals surface area contributed by atoms with Gasteiger partial charge in [0.05, 0.1) is 15.8 Å². The second-order valence-electron chi connectivity index (χ2n) is 6.91. The number of aryl methyl sites for hydroxylation is 1. The van der Waals surface area contributed by atoms with Crippen LogP contribution in [0.25, 0.3) is 20.2 Å². The SMILES string of the molecule is CCC(C(=O)NCc1ccc(Cl)cc1)n1nc(C)c2sc3ccccc3c2c1=O. The summed E-state index contributed by atoms with van der Waals surface area (Å²) in [5.74, 6) is -0.227. The van der Waals surface area contributed by atoms with Gasteiger partial charge in [-0.05, 0) is 37.1 Å². The molecule has 2 aromatic heterocycles. The highest BCUT2D eigenvalue weighted by Gasteiger charge is 2.24. The van der Waals surface area contributed by atoms with Crippen molar-refractivity contribution in [2.24, 2.45) is 0 Å². The van der Waals surface area contributed by atoms with Gasteiger partial charge in [-0.2, -0.15) is 5.10 Å². The summed E-state index contributed by atoms with van der Waals surface area (Å²) in [5.41, 5.74) is 1.47. The van der Waals surface area contributed by atoms with E-state index in [-0.39, 0.29) is 11.5 Å². The van der Waals surface area contributed by atoms with E-state index in [1.807, 2.05) is 50.2 Å². The van der Waals surface area contributed by atoms with Crippen molar-refractivity contribution in [3.63, 3.8) is 0 Å². The standard InChI is InChI=1S/C22H20ClN3O2S/c1-3-17(21(27)24-12-14-8-10-15(23)11-9-14)26-22(28)19-16-6-4-5-7-18(16)29-20(19)13(2)25-26/h4-11,17H,3,12H2,1-2H3,(H,24,27). The maximum absolute atomic E-state index is 13.3. The first kappa shape index (κ1) is 19.6. The molecule has 0 fully saturated rings. The predicted molar refractivity (Wildman–Crippen MR) is 119 cm³/mol. The number of amides is 1. The van der Waals surface area contributed by atoms with Crippen molar-refractivity contribution >= 4 is 49.0 Å². The Kier molecular flexibility index (Phi) is 5.39. The molecule has 0 radical (unpaired) electrons. The third kappa shape index (κ3) is 3.66. The van der Waals surface area contributed by atoms with Crippen molar-refractivity contribution in [1.82, 2.24) is 15.1 Å². The number of hydrogen-bond acceptors (Lipinski definition) is 4. The summed E-state index contributed by atoms with van der Waals surface area (Å²) in [6, 6.07) is 14.4. The van der Waals surface area contributed by atoms with Gasteiger partial charge in [0, 0.05) is 21.7 Å². The lowest BCUT2D eigenvalue weighted by Crippen LogP contribution is -2.38. The van der Waals surface area contributed by atoms with E-state index in [0.717, 1.165) is 26.0 Å². The summed E-state index contributed by atoms with van der Waals surface area (Å²) in [6.07, 6.45) is 0.465. The smallest absolute Gasteiger partial charge is 0.276 e. The van der Waals surface area contributed by atoms with Crippen molar-refractivity contribution in [2.75, 3.05) is 0 Å². The molecule has 148 valence electrons. The Morgan fingerprint density at radius 3 is 2.66 bits per heavy atom. The van der Waals surface area contributed by atoms with Gasteiger partial charge in [0.2, 0.25) is 5.91 Å². The van der Waals surface area contributed by atoms with Crippen LogP contribution in [0.1, 0.15) is 30.6 Å². The molecule has 0 saturated heterocycles. The van der Waals surface area contributed by atoms with Gasteiger partial charge in [0.25, 0.3) is 5.56 Å². The fraction of sp³-hybridized carbons (Fsp3) is 0.227. The molecule has 0 bridgehead atoms. The lowest BCUT2D eigenvalue weighted by molar-refractivity contribution is -0.125. The second-order valence-corrected chi connectivity index (χ2v) is 8.39. The average molecular weight is 426 g/mol. The summed E-state index contributed by atoms with van der Waals surface area (Å²) < 4.78 is 3.26. The van der Waals surface area contributed by atoms with E-state index in [1.54, 1.807) is 23.5 Å². The van der Waals surface area contributed by atoms with Crippen LogP contribution in [0.2, 0.25) is 5.02 Å². The molecule has 0 spiro atoms. The quantitative estimate of drug-likeness (QED) is 0.497. The number of aromatic nitrogens is 2. The maximum Gasteiger partial charge on any atom is 0.276 e. The summed E-state index contributed by atoms with van der Waals surface area (Å²) in [5, 5.41) is 9.60. The monoisotopic (exact) mass is 425 g/mol. The Balaban J connectivity index is 1.70. The van der Waals surface area contributed by atoms with Gasteiger partial charge in [0.1, 0.15) is 6.04 Å². The molecule has 5 nitrogen and oxygen atoms in total. The molecular formula is C22H20ClN3O2S. The fourth-order valence-corrected chi connectivity index (χ4v) is 4.73. The number of nitrogens with one attached hydrogen (secondary N) is 1. The molecule has 0 aliphatic heterocycles. The normalized spacial score (nSPS) is 12.4. The second kappa shape index (κ2) is 7.97. The van der Waals surface area contributed by atoms with Crippen LogP contribution in [0.3, 0.4) is 0 Å². The molecule has 1 amide bonds. The Bertz CT molecular complexity index is 1260. The molecule has 7 heteroatoms. The Hall–Kier alpha value is -2.70. The Morgan fingerprint density at radius 1 is 1.21 bits per heavy atom. The third-order valence-corrected chi connectivity index (χ3v) is 6.50. The van der Waals surface area contributed by atoms with Crippen molar-refractivity contribution in [3.8, 4) is 0 Å². The Labute approximate surface area is 176 Å². The number of carbonyl (C=O) groups excluding carboxylic acids is 1. The molecule has 0 aliphatic carbocycles. The molecule has 0 aliphatic rings. The van der Waals surface area contributed by atoms with Gasteiger partial charge in [-0.25, -0.2) is 4.68 Å². The van der Waals surface area contributed by atoms with Crippen LogP contribution in [-0.2, 0) is 11.3 Å². The lowest BCUT2D eigenvalue weighted by Gasteiger charge is -2.17. The van der Waals surface area contributed by atoms with Gasteiger partial charge in [-0.1, -0.05) is 48.9 Å². The van der Waals surface area contributed by atoms with Crippen molar-refractivity contribution in [3.05, 3.63) is 75.2 Å². The molecule has 29 heavy (non-hydrogen) atoms. The van der Waals surface area contributed by atoms with E-state index >= 15 is 0 Å². The van der Waals surface area contributed by atoms with E-state index in [2.05, 4.69) is 10.4 Å². The van der Waals surface area contributed by atoms with Crippen LogP contribution in [-0.4, -0.2) is 15.7 Å². The highest BCUT2D eigenvalue weighted by atomic mass is 35.5. The number of thiophene rings is 1. The first-order valence-corrected chi connectivity index (χ1v) is 10.6. The first-order valence-electron chi connectivity index (χ1n) is 9.42. The maximum atomic E-state index is 13.3. The molecule has 0 saturated carbocycles.